The Morgan fingerprint density at radius 3 is 2.58 bits per heavy atom. The van der Waals surface area contributed by atoms with Crippen LogP contribution < -0.4 is 0 Å². The number of aromatic hydroxyl groups is 1. The maximum atomic E-state index is 9.37. The van der Waals surface area contributed by atoms with Crippen LogP contribution in [0.1, 0.15) is 18.1 Å². The number of phenolic OH excluding ortho intramolecular Hbond substituents is 1. The summed E-state index contributed by atoms with van der Waals surface area (Å²) in [4.78, 5) is 0. The van der Waals surface area contributed by atoms with Crippen LogP contribution >= 0.6 is 22.6 Å². The lowest BCUT2D eigenvalue weighted by molar-refractivity contribution is 0.470. The minimum absolute atomic E-state index is 0.351. The van der Waals surface area contributed by atoms with Gasteiger partial charge in [-0.2, -0.15) is 0 Å². The summed E-state index contributed by atoms with van der Waals surface area (Å²) in [7, 11) is 0. The molecule has 0 atom stereocenters. The van der Waals surface area contributed by atoms with Gasteiger partial charge in [0.2, 0.25) is 0 Å². The zero-order chi connectivity index (χ0) is 9.30. The van der Waals surface area contributed by atoms with Gasteiger partial charge >= 0.3 is 0 Å². The number of hydrogen-bond acceptors (Lipinski definition) is 1. The largest absolute Gasteiger partial charge is 0.508 e. The van der Waals surface area contributed by atoms with E-state index in [0.29, 0.717) is 5.75 Å². The number of hydrogen-bond donors (Lipinski definition) is 1. The normalized spacial score (nSPS) is 9.92. The van der Waals surface area contributed by atoms with Crippen molar-refractivity contribution in [1.82, 2.24) is 0 Å². The molecule has 12 heavy (non-hydrogen) atoms. The molecule has 0 bridgehead atoms. The van der Waals surface area contributed by atoms with Gasteiger partial charge in [-0.15, -0.1) is 0 Å². The second-order valence-electron chi connectivity index (χ2n) is 2.85. The SMILES string of the molecule is C=C(C)c1ccc(O)c(C)c1I. The number of halogens is 1. The summed E-state index contributed by atoms with van der Waals surface area (Å²) in [5, 5.41) is 9.37. The van der Waals surface area contributed by atoms with Crippen molar-refractivity contribution in [3.63, 3.8) is 0 Å². The third-order valence-corrected chi connectivity index (χ3v) is 3.21. The van der Waals surface area contributed by atoms with Crippen molar-refractivity contribution in [2.24, 2.45) is 0 Å². The topological polar surface area (TPSA) is 20.2 Å². The van der Waals surface area contributed by atoms with Crippen molar-refractivity contribution in [1.29, 1.82) is 0 Å². The number of rotatable bonds is 1. The smallest absolute Gasteiger partial charge is 0.119 e. The van der Waals surface area contributed by atoms with Crippen molar-refractivity contribution in [3.8, 4) is 5.75 Å². The van der Waals surface area contributed by atoms with Gasteiger partial charge in [0.05, 0.1) is 0 Å². The highest BCUT2D eigenvalue weighted by Crippen LogP contribution is 2.28. The first-order chi connectivity index (χ1) is 5.54. The lowest BCUT2D eigenvalue weighted by atomic mass is 10.1. The van der Waals surface area contributed by atoms with Crippen molar-refractivity contribution < 1.29 is 5.11 Å². The molecule has 1 aromatic rings. The van der Waals surface area contributed by atoms with Crippen LogP contribution in [0.3, 0.4) is 0 Å². The second-order valence-corrected chi connectivity index (χ2v) is 3.93. The van der Waals surface area contributed by atoms with Crippen LogP contribution in [0.2, 0.25) is 0 Å². The molecule has 0 saturated heterocycles. The third kappa shape index (κ3) is 1.63. The van der Waals surface area contributed by atoms with Gasteiger partial charge in [-0.05, 0) is 59.7 Å². The van der Waals surface area contributed by atoms with Gasteiger partial charge in [-0.1, -0.05) is 6.58 Å². The summed E-state index contributed by atoms with van der Waals surface area (Å²) >= 11 is 2.22. The summed E-state index contributed by atoms with van der Waals surface area (Å²) in [6, 6.07) is 3.61. The Bertz CT molecular complexity index is 329. The Labute approximate surface area is 86.3 Å². The van der Waals surface area contributed by atoms with Crippen molar-refractivity contribution >= 4 is 28.2 Å². The Hall–Kier alpha value is -0.510. The van der Waals surface area contributed by atoms with Gasteiger partial charge in [-0.3, -0.25) is 0 Å². The van der Waals surface area contributed by atoms with E-state index in [9.17, 15) is 5.11 Å². The Kier molecular flexibility index (Phi) is 2.77. The predicted molar refractivity (Wildman–Crippen MR) is 60.3 cm³/mol. The van der Waals surface area contributed by atoms with Crippen LogP contribution in [0, 0.1) is 10.5 Å². The second kappa shape index (κ2) is 3.47. The molecule has 0 spiro atoms. The minimum Gasteiger partial charge on any atom is -0.508 e. The van der Waals surface area contributed by atoms with Crippen molar-refractivity contribution in [2.45, 2.75) is 13.8 Å². The highest BCUT2D eigenvalue weighted by atomic mass is 127. The van der Waals surface area contributed by atoms with Gasteiger partial charge in [0.1, 0.15) is 5.75 Å². The average Bonchev–Trinajstić information content (AvgIpc) is 2.00. The van der Waals surface area contributed by atoms with Crippen LogP contribution in [0.15, 0.2) is 18.7 Å². The monoisotopic (exact) mass is 274 g/mol. The zero-order valence-electron chi connectivity index (χ0n) is 7.19. The predicted octanol–water partition coefficient (Wildman–Crippen LogP) is 3.34. The van der Waals surface area contributed by atoms with Crippen LogP contribution in [0.5, 0.6) is 5.75 Å². The molecule has 0 amide bonds. The van der Waals surface area contributed by atoms with E-state index in [4.69, 9.17) is 0 Å². The number of phenols is 1. The molecule has 0 aliphatic carbocycles. The summed E-state index contributed by atoms with van der Waals surface area (Å²) in [6.45, 7) is 7.74. The maximum absolute atomic E-state index is 9.37. The van der Waals surface area contributed by atoms with Crippen LogP contribution in [-0.4, -0.2) is 5.11 Å². The van der Waals surface area contributed by atoms with Crippen LogP contribution in [0.25, 0.3) is 5.57 Å². The molecule has 0 radical (unpaired) electrons. The Morgan fingerprint density at radius 2 is 2.08 bits per heavy atom. The number of benzene rings is 1. The van der Waals surface area contributed by atoms with E-state index in [1.807, 2.05) is 19.9 Å². The number of allylic oxidation sites excluding steroid dienone is 1. The molecular formula is C10H11IO. The van der Waals surface area contributed by atoms with Gasteiger partial charge in [0.15, 0.2) is 0 Å². The van der Waals surface area contributed by atoms with E-state index < -0.39 is 0 Å². The molecule has 1 aromatic carbocycles. The van der Waals surface area contributed by atoms with Gasteiger partial charge in [0, 0.05) is 9.13 Å². The summed E-state index contributed by atoms with van der Waals surface area (Å²) in [5.41, 5.74) is 3.07. The molecule has 0 fully saturated rings. The molecular weight excluding hydrogens is 263 g/mol. The standard InChI is InChI=1S/C10H11IO/c1-6(2)8-4-5-9(12)7(3)10(8)11/h4-5,12H,1H2,2-3H3. The van der Waals surface area contributed by atoms with Gasteiger partial charge in [0.25, 0.3) is 0 Å². The fraction of sp³-hybridized carbons (Fsp3) is 0.200. The third-order valence-electron chi connectivity index (χ3n) is 1.82. The molecule has 0 aliphatic rings. The minimum atomic E-state index is 0.351. The maximum Gasteiger partial charge on any atom is 0.119 e. The highest BCUT2D eigenvalue weighted by molar-refractivity contribution is 14.1. The van der Waals surface area contributed by atoms with E-state index in [2.05, 4.69) is 29.2 Å². The van der Waals surface area contributed by atoms with E-state index in [1.165, 1.54) is 0 Å². The van der Waals surface area contributed by atoms with Crippen molar-refractivity contribution in [2.75, 3.05) is 0 Å². The van der Waals surface area contributed by atoms with Crippen molar-refractivity contribution in [3.05, 3.63) is 33.4 Å². The first kappa shape index (κ1) is 9.58. The van der Waals surface area contributed by atoms with E-state index in [0.717, 1.165) is 20.3 Å². The Morgan fingerprint density at radius 1 is 1.50 bits per heavy atom. The lowest BCUT2D eigenvalue weighted by Gasteiger charge is -2.07. The van der Waals surface area contributed by atoms with Gasteiger partial charge in [-0.25, -0.2) is 0 Å². The quantitative estimate of drug-likeness (QED) is 0.779. The summed E-state index contributed by atoms with van der Waals surface area (Å²) in [5.74, 6) is 0.351. The fourth-order valence-corrected chi connectivity index (χ4v) is 1.92. The lowest BCUT2D eigenvalue weighted by Crippen LogP contribution is -1.88. The summed E-state index contributed by atoms with van der Waals surface area (Å²) < 4.78 is 1.08. The average molecular weight is 274 g/mol. The highest BCUT2D eigenvalue weighted by Gasteiger charge is 2.06. The molecule has 1 N–H and O–H groups in total. The fourth-order valence-electron chi connectivity index (χ4n) is 1.00. The first-order valence-electron chi connectivity index (χ1n) is 3.68. The molecule has 0 saturated carbocycles. The molecule has 2 heteroatoms. The molecule has 1 rings (SSSR count). The molecule has 1 nitrogen and oxygen atoms in total. The van der Waals surface area contributed by atoms with Crippen LogP contribution in [-0.2, 0) is 0 Å². The van der Waals surface area contributed by atoms with E-state index in [1.54, 1.807) is 6.07 Å². The van der Waals surface area contributed by atoms with E-state index >= 15 is 0 Å². The molecule has 0 aliphatic heterocycles. The van der Waals surface area contributed by atoms with Crippen LogP contribution in [0.4, 0.5) is 0 Å². The van der Waals surface area contributed by atoms with E-state index in [-0.39, 0.29) is 0 Å². The molecule has 64 valence electrons. The molecule has 0 aromatic heterocycles. The Balaban J connectivity index is 3.36. The molecule has 0 unspecified atom stereocenters. The zero-order valence-corrected chi connectivity index (χ0v) is 9.34. The first-order valence-corrected chi connectivity index (χ1v) is 4.76. The summed E-state index contributed by atoms with van der Waals surface area (Å²) in [6.07, 6.45) is 0. The molecule has 0 heterocycles. The van der Waals surface area contributed by atoms with Gasteiger partial charge < -0.3 is 5.11 Å².